The standard InChI is InChI=1S/C9H14BrNO3S2/c1-7(2)14-5-4-11-16(12,13)9-8(10)3-6-15-9/h3,6-7,11H,4-5H2,1-2H3. The SMILES string of the molecule is CC(C)OCCNS(=O)(=O)c1sccc1Br. The Hall–Kier alpha value is 0.0500. The van der Waals surface area contributed by atoms with Gasteiger partial charge in [0.25, 0.3) is 10.0 Å². The highest BCUT2D eigenvalue weighted by Crippen LogP contribution is 2.27. The number of ether oxygens (including phenoxy) is 1. The molecule has 0 aliphatic rings. The van der Waals surface area contributed by atoms with Crippen molar-refractivity contribution in [3.05, 3.63) is 15.9 Å². The Bertz CT molecular complexity index is 428. The van der Waals surface area contributed by atoms with Crippen LogP contribution in [0, 0.1) is 0 Å². The summed E-state index contributed by atoms with van der Waals surface area (Å²) >= 11 is 4.38. The van der Waals surface area contributed by atoms with E-state index in [0.717, 1.165) is 0 Å². The molecule has 0 aliphatic heterocycles. The molecule has 0 saturated heterocycles. The fourth-order valence-corrected chi connectivity index (χ4v) is 4.40. The molecule has 1 heterocycles. The summed E-state index contributed by atoms with van der Waals surface area (Å²) in [5, 5.41) is 1.73. The molecule has 0 atom stereocenters. The summed E-state index contributed by atoms with van der Waals surface area (Å²) in [4.78, 5) is 0. The molecule has 1 N–H and O–H groups in total. The molecule has 4 nitrogen and oxygen atoms in total. The maximum atomic E-state index is 11.8. The van der Waals surface area contributed by atoms with E-state index in [2.05, 4.69) is 20.7 Å². The molecule has 1 rings (SSSR count). The highest BCUT2D eigenvalue weighted by atomic mass is 79.9. The molecule has 0 bridgehead atoms. The molecule has 1 aromatic heterocycles. The smallest absolute Gasteiger partial charge is 0.251 e. The molecule has 92 valence electrons. The number of halogens is 1. The van der Waals surface area contributed by atoms with Gasteiger partial charge in [-0.05, 0) is 41.2 Å². The van der Waals surface area contributed by atoms with Crippen LogP contribution in [0.2, 0.25) is 0 Å². The Morgan fingerprint density at radius 1 is 1.56 bits per heavy atom. The first-order valence-corrected chi connectivity index (χ1v) is 7.93. The summed E-state index contributed by atoms with van der Waals surface area (Å²) in [6.45, 7) is 4.47. The minimum Gasteiger partial charge on any atom is -0.377 e. The van der Waals surface area contributed by atoms with Gasteiger partial charge in [-0.15, -0.1) is 11.3 Å². The van der Waals surface area contributed by atoms with E-state index in [4.69, 9.17) is 4.74 Å². The number of hydrogen-bond donors (Lipinski definition) is 1. The molecular formula is C9H14BrNO3S2. The lowest BCUT2D eigenvalue weighted by Gasteiger charge is -2.08. The average molecular weight is 328 g/mol. The van der Waals surface area contributed by atoms with E-state index in [1.165, 1.54) is 11.3 Å². The number of hydrogen-bond acceptors (Lipinski definition) is 4. The minimum atomic E-state index is -3.40. The summed E-state index contributed by atoms with van der Waals surface area (Å²) in [5.74, 6) is 0. The van der Waals surface area contributed by atoms with Crippen LogP contribution in [0.15, 0.2) is 20.1 Å². The number of sulfonamides is 1. The maximum absolute atomic E-state index is 11.8. The molecule has 1 aromatic rings. The first-order chi connectivity index (χ1) is 7.43. The summed E-state index contributed by atoms with van der Waals surface area (Å²) in [6, 6.07) is 1.71. The van der Waals surface area contributed by atoms with Crippen molar-refractivity contribution in [1.29, 1.82) is 0 Å². The van der Waals surface area contributed by atoms with Crippen LogP contribution in [0.25, 0.3) is 0 Å². The van der Waals surface area contributed by atoms with Gasteiger partial charge < -0.3 is 4.74 Å². The first kappa shape index (κ1) is 14.1. The molecule has 0 amide bonds. The van der Waals surface area contributed by atoms with Gasteiger partial charge in [-0.2, -0.15) is 0 Å². The van der Waals surface area contributed by atoms with Crippen molar-refractivity contribution in [2.45, 2.75) is 24.2 Å². The lowest BCUT2D eigenvalue weighted by Crippen LogP contribution is -2.27. The minimum absolute atomic E-state index is 0.109. The van der Waals surface area contributed by atoms with Crippen molar-refractivity contribution in [2.75, 3.05) is 13.2 Å². The van der Waals surface area contributed by atoms with E-state index in [0.29, 0.717) is 15.3 Å². The Morgan fingerprint density at radius 2 is 2.25 bits per heavy atom. The predicted octanol–water partition coefficient (Wildman–Crippen LogP) is 2.21. The van der Waals surface area contributed by atoms with E-state index in [-0.39, 0.29) is 12.6 Å². The monoisotopic (exact) mass is 327 g/mol. The van der Waals surface area contributed by atoms with Crippen molar-refractivity contribution < 1.29 is 13.2 Å². The summed E-state index contributed by atoms with van der Waals surface area (Å²) in [6.07, 6.45) is 0.109. The number of rotatable bonds is 6. The molecule has 7 heteroatoms. The normalized spacial score (nSPS) is 12.2. The summed E-state index contributed by atoms with van der Waals surface area (Å²) < 4.78 is 32.2. The van der Waals surface area contributed by atoms with Crippen LogP contribution in [0.1, 0.15) is 13.8 Å². The molecule has 0 spiro atoms. The zero-order chi connectivity index (χ0) is 12.2. The zero-order valence-electron chi connectivity index (χ0n) is 9.07. The predicted molar refractivity (Wildman–Crippen MR) is 68.3 cm³/mol. The van der Waals surface area contributed by atoms with Crippen LogP contribution < -0.4 is 4.72 Å². The van der Waals surface area contributed by atoms with Crippen LogP contribution in [0.4, 0.5) is 0 Å². The van der Waals surface area contributed by atoms with Gasteiger partial charge in [0.1, 0.15) is 4.21 Å². The molecule has 0 fully saturated rings. The lowest BCUT2D eigenvalue weighted by atomic mass is 10.5. The summed E-state index contributed by atoms with van der Waals surface area (Å²) in [5.41, 5.74) is 0. The lowest BCUT2D eigenvalue weighted by molar-refractivity contribution is 0.0834. The fraction of sp³-hybridized carbons (Fsp3) is 0.556. The van der Waals surface area contributed by atoms with Gasteiger partial charge in [-0.3, -0.25) is 0 Å². The molecule has 0 aromatic carbocycles. The zero-order valence-corrected chi connectivity index (χ0v) is 12.3. The van der Waals surface area contributed by atoms with Crippen LogP contribution in [0.3, 0.4) is 0 Å². The Kier molecular flexibility index (Phi) is 5.39. The summed E-state index contributed by atoms with van der Waals surface area (Å²) in [7, 11) is -3.40. The number of nitrogens with one attached hydrogen (secondary N) is 1. The van der Waals surface area contributed by atoms with Gasteiger partial charge in [-0.1, -0.05) is 0 Å². The highest BCUT2D eigenvalue weighted by molar-refractivity contribution is 9.10. The van der Waals surface area contributed by atoms with Gasteiger partial charge in [0, 0.05) is 11.0 Å². The Labute approximate surface area is 108 Å². The van der Waals surface area contributed by atoms with Gasteiger partial charge in [0.05, 0.1) is 12.7 Å². The number of thiophene rings is 1. The van der Waals surface area contributed by atoms with Crippen LogP contribution >= 0.6 is 27.3 Å². The van der Waals surface area contributed by atoms with E-state index >= 15 is 0 Å². The van der Waals surface area contributed by atoms with Gasteiger partial charge >= 0.3 is 0 Å². The van der Waals surface area contributed by atoms with Crippen LogP contribution in [-0.4, -0.2) is 27.7 Å². The molecule has 0 aliphatic carbocycles. The largest absolute Gasteiger partial charge is 0.377 e. The van der Waals surface area contributed by atoms with Crippen molar-refractivity contribution in [3.8, 4) is 0 Å². The van der Waals surface area contributed by atoms with Gasteiger partial charge in [0.2, 0.25) is 0 Å². The second-order valence-corrected chi connectivity index (χ2v) is 7.11. The average Bonchev–Trinajstić information content (AvgIpc) is 2.59. The van der Waals surface area contributed by atoms with Crippen molar-refractivity contribution in [2.24, 2.45) is 0 Å². The Morgan fingerprint density at radius 3 is 2.75 bits per heavy atom. The Balaban J connectivity index is 2.51. The van der Waals surface area contributed by atoms with Gasteiger partial charge in [-0.25, -0.2) is 13.1 Å². The van der Waals surface area contributed by atoms with Gasteiger partial charge in [0.15, 0.2) is 0 Å². The van der Waals surface area contributed by atoms with E-state index in [1.807, 2.05) is 13.8 Å². The third-order valence-corrected chi connectivity index (χ3v) is 5.80. The second-order valence-electron chi connectivity index (χ2n) is 3.37. The third-order valence-electron chi connectivity index (χ3n) is 1.67. The van der Waals surface area contributed by atoms with Crippen molar-refractivity contribution >= 4 is 37.3 Å². The third kappa shape index (κ3) is 4.14. The molecule has 0 radical (unpaired) electrons. The van der Waals surface area contributed by atoms with E-state index in [9.17, 15) is 8.42 Å². The second kappa shape index (κ2) is 6.11. The highest BCUT2D eigenvalue weighted by Gasteiger charge is 2.18. The molecule has 0 unspecified atom stereocenters. The van der Waals surface area contributed by atoms with E-state index < -0.39 is 10.0 Å². The van der Waals surface area contributed by atoms with Crippen LogP contribution in [-0.2, 0) is 14.8 Å². The van der Waals surface area contributed by atoms with Crippen molar-refractivity contribution in [3.63, 3.8) is 0 Å². The maximum Gasteiger partial charge on any atom is 0.251 e. The molecular weight excluding hydrogens is 314 g/mol. The molecule has 0 saturated carbocycles. The van der Waals surface area contributed by atoms with Crippen LogP contribution in [0.5, 0.6) is 0 Å². The topological polar surface area (TPSA) is 55.4 Å². The fourth-order valence-electron chi connectivity index (χ4n) is 1.01. The van der Waals surface area contributed by atoms with E-state index in [1.54, 1.807) is 11.4 Å². The first-order valence-electron chi connectivity index (χ1n) is 4.78. The van der Waals surface area contributed by atoms with Crippen molar-refractivity contribution in [1.82, 2.24) is 4.72 Å². The molecule has 16 heavy (non-hydrogen) atoms. The quantitative estimate of drug-likeness (QED) is 0.815.